The first-order chi connectivity index (χ1) is 9.76. The van der Waals surface area contributed by atoms with E-state index in [2.05, 4.69) is 37.1 Å². The van der Waals surface area contributed by atoms with Crippen molar-refractivity contribution < 1.29 is 0 Å². The van der Waals surface area contributed by atoms with Crippen molar-refractivity contribution in [3.63, 3.8) is 0 Å². The van der Waals surface area contributed by atoms with Gasteiger partial charge in [0.15, 0.2) is 0 Å². The zero-order valence-corrected chi connectivity index (χ0v) is 13.3. The molecule has 0 radical (unpaired) electrons. The van der Waals surface area contributed by atoms with Gasteiger partial charge in [-0.3, -0.25) is 0 Å². The van der Waals surface area contributed by atoms with Gasteiger partial charge in [0.05, 0.1) is 0 Å². The second kappa shape index (κ2) is 7.63. The fourth-order valence-electron chi connectivity index (χ4n) is 3.27. The highest BCUT2D eigenvalue weighted by Crippen LogP contribution is 2.28. The fraction of sp³-hybridized carbons (Fsp3) is 0.706. The molecule has 0 unspecified atom stereocenters. The van der Waals surface area contributed by atoms with Crippen molar-refractivity contribution in [2.24, 2.45) is 0 Å². The third-order valence-electron chi connectivity index (χ3n) is 4.31. The van der Waals surface area contributed by atoms with E-state index in [-0.39, 0.29) is 0 Å². The Morgan fingerprint density at radius 3 is 2.60 bits per heavy atom. The van der Waals surface area contributed by atoms with Gasteiger partial charge in [0.2, 0.25) is 0 Å². The van der Waals surface area contributed by atoms with Crippen molar-refractivity contribution in [3.8, 4) is 0 Å². The molecular formula is C17H29N3. The van der Waals surface area contributed by atoms with Gasteiger partial charge in [0.25, 0.3) is 0 Å². The molecule has 2 rings (SSSR count). The fourth-order valence-corrected chi connectivity index (χ4v) is 3.27. The minimum absolute atomic E-state index is 0.694. The first-order valence-electron chi connectivity index (χ1n) is 8.19. The lowest BCUT2D eigenvalue weighted by Gasteiger charge is -2.35. The van der Waals surface area contributed by atoms with Crippen LogP contribution >= 0.6 is 0 Å². The number of aryl methyl sites for hydroxylation is 1. The lowest BCUT2D eigenvalue weighted by molar-refractivity contribution is 0.416. The Kier molecular flexibility index (Phi) is 5.84. The van der Waals surface area contributed by atoms with Crippen LogP contribution in [0.5, 0.6) is 0 Å². The van der Waals surface area contributed by atoms with Crippen LogP contribution < -0.4 is 10.2 Å². The Morgan fingerprint density at radius 2 is 2.00 bits per heavy atom. The Hall–Kier alpha value is -1.09. The first-order valence-corrected chi connectivity index (χ1v) is 8.19. The van der Waals surface area contributed by atoms with Crippen LogP contribution in [0, 0.1) is 6.92 Å². The van der Waals surface area contributed by atoms with Crippen molar-refractivity contribution in [2.45, 2.75) is 65.5 Å². The van der Waals surface area contributed by atoms with Crippen molar-refractivity contribution in [1.82, 2.24) is 10.3 Å². The summed E-state index contributed by atoms with van der Waals surface area (Å²) < 4.78 is 0. The molecule has 1 aromatic heterocycles. The monoisotopic (exact) mass is 275 g/mol. The van der Waals surface area contributed by atoms with Crippen LogP contribution in [0.3, 0.4) is 0 Å². The molecule has 3 heteroatoms. The largest absolute Gasteiger partial charge is 0.354 e. The lowest BCUT2D eigenvalue weighted by atomic mass is 9.94. The summed E-state index contributed by atoms with van der Waals surface area (Å²) >= 11 is 0. The Balaban J connectivity index is 2.12. The number of nitrogens with zero attached hydrogens (tertiary/aromatic N) is 2. The summed E-state index contributed by atoms with van der Waals surface area (Å²) in [6.07, 6.45) is 8.85. The van der Waals surface area contributed by atoms with Gasteiger partial charge >= 0.3 is 0 Å². The molecule has 1 aromatic rings. The molecule has 1 fully saturated rings. The number of aromatic nitrogens is 1. The molecule has 1 saturated carbocycles. The maximum absolute atomic E-state index is 4.76. The molecule has 1 aliphatic carbocycles. The first kappa shape index (κ1) is 15.3. The summed E-state index contributed by atoms with van der Waals surface area (Å²) in [7, 11) is 0. The molecule has 3 nitrogen and oxygen atoms in total. The van der Waals surface area contributed by atoms with Crippen molar-refractivity contribution in [1.29, 1.82) is 0 Å². The van der Waals surface area contributed by atoms with Gasteiger partial charge in [-0.05, 0) is 50.4 Å². The third-order valence-corrected chi connectivity index (χ3v) is 4.31. The van der Waals surface area contributed by atoms with Crippen molar-refractivity contribution in [3.05, 3.63) is 23.4 Å². The van der Waals surface area contributed by atoms with Crippen molar-refractivity contribution in [2.75, 3.05) is 18.0 Å². The molecule has 1 heterocycles. The number of hydrogen-bond donors (Lipinski definition) is 1. The number of pyridine rings is 1. The van der Waals surface area contributed by atoms with Crippen LogP contribution in [0.2, 0.25) is 0 Å². The number of rotatable bonds is 6. The second-order valence-electron chi connectivity index (χ2n) is 5.84. The number of hydrogen-bond acceptors (Lipinski definition) is 3. The Morgan fingerprint density at radius 1 is 1.25 bits per heavy atom. The highest BCUT2D eigenvalue weighted by atomic mass is 15.2. The van der Waals surface area contributed by atoms with Crippen LogP contribution in [-0.2, 0) is 6.54 Å². The maximum Gasteiger partial charge on any atom is 0.131 e. The van der Waals surface area contributed by atoms with E-state index in [0.29, 0.717) is 6.04 Å². The molecule has 1 N–H and O–H groups in total. The highest BCUT2D eigenvalue weighted by Gasteiger charge is 2.22. The van der Waals surface area contributed by atoms with E-state index < -0.39 is 0 Å². The topological polar surface area (TPSA) is 28.2 Å². The van der Waals surface area contributed by atoms with E-state index in [9.17, 15) is 0 Å². The van der Waals surface area contributed by atoms with Crippen LogP contribution in [0.4, 0.5) is 5.82 Å². The molecule has 0 aromatic carbocycles. The van der Waals surface area contributed by atoms with Crippen LogP contribution in [0.15, 0.2) is 12.3 Å². The molecule has 0 spiro atoms. The zero-order chi connectivity index (χ0) is 14.4. The van der Waals surface area contributed by atoms with E-state index in [4.69, 9.17) is 4.98 Å². The van der Waals surface area contributed by atoms with E-state index in [1.54, 1.807) is 0 Å². The molecule has 0 aliphatic heterocycles. The van der Waals surface area contributed by atoms with Gasteiger partial charge in [0.1, 0.15) is 5.82 Å². The van der Waals surface area contributed by atoms with Gasteiger partial charge in [-0.2, -0.15) is 0 Å². The third kappa shape index (κ3) is 3.72. The molecule has 112 valence electrons. The summed E-state index contributed by atoms with van der Waals surface area (Å²) in [5.74, 6) is 1.19. The van der Waals surface area contributed by atoms with Crippen LogP contribution in [-0.4, -0.2) is 24.1 Å². The predicted molar refractivity (Wildman–Crippen MR) is 86.2 cm³/mol. The quantitative estimate of drug-likeness (QED) is 0.859. The second-order valence-corrected chi connectivity index (χ2v) is 5.84. The Bertz CT molecular complexity index is 411. The molecule has 0 bridgehead atoms. The summed E-state index contributed by atoms with van der Waals surface area (Å²) in [6.45, 7) is 9.57. The van der Waals surface area contributed by atoms with E-state index >= 15 is 0 Å². The summed E-state index contributed by atoms with van der Waals surface area (Å²) in [5.41, 5.74) is 2.60. The molecule has 1 aliphatic rings. The SMILES string of the molecule is CCNCc1cnc(N(CC)C2CCCCC2)c(C)c1. The van der Waals surface area contributed by atoms with Crippen LogP contribution in [0.1, 0.15) is 57.1 Å². The minimum atomic E-state index is 0.694. The summed E-state index contributed by atoms with van der Waals surface area (Å²) in [4.78, 5) is 7.28. The number of nitrogens with one attached hydrogen (secondary N) is 1. The van der Waals surface area contributed by atoms with Gasteiger partial charge < -0.3 is 10.2 Å². The maximum atomic E-state index is 4.76. The molecular weight excluding hydrogens is 246 g/mol. The normalized spacial score (nSPS) is 16.4. The molecule has 20 heavy (non-hydrogen) atoms. The zero-order valence-electron chi connectivity index (χ0n) is 13.3. The standard InChI is InChI=1S/C17H29N3/c1-4-18-12-15-11-14(3)17(19-13-15)20(5-2)16-9-7-6-8-10-16/h11,13,16,18H,4-10,12H2,1-3H3. The van der Waals surface area contributed by atoms with E-state index in [1.165, 1.54) is 49.0 Å². The van der Waals surface area contributed by atoms with Crippen molar-refractivity contribution >= 4 is 5.82 Å². The lowest BCUT2D eigenvalue weighted by Crippen LogP contribution is -2.37. The van der Waals surface area contributed by atoms with E-state index in [0.717, 1.165) is 19.6 Å². The molecule has 0 amide bonds. The highest BCUT2D eigenvalue weighted by molar-refractivity contribution is 5.48. The minimum Gasteiger partial charge on any atom is -0.354 e. The van der Waals surface area contributed by atoms with Gasteiger partial charge in [0, 0.05) is 25.3 Å². The van der Waals surface area contributed by atoms with Gasteiger partial charge in [-0.25, -0.2) is 4.98 Å². The summed E-state index contributed by atoms with van der Waals surface area (Å²) in [5, 5.41) is 3.36. The molecule has 0 atom stereocenters. The van der Waals surface area contributed by atoms with Gasteiger partial charge in [-0.15, -0.1) is 0 Å². The average Bonchev–Trinajstić information content (AvgIpc) is 2.49. The summed E-state index contributed by atoms with van der Waals surface area (Å²) in [6, 6.07) is 2.98. The Labute approximate surface area is 123 Å². The van der Waals surface area contributed by atoms with Gasteiger partial charge in [-0.1, -0.05) is 26.2 Å². The average molecular weight is 275 g/mol. The number of anilines is 1. The smallest absolute Gasteiger partial charge is 0.131 e. The van der Waals surface area contributed by atoms with Crippen LogP contribution in [0.25, 0.3) is 0 Å². The predicted octanol–water partition coefficient (Wildman–Crippen LogP) is 3.66. The molecule has 0 saturated heterocycles. The van der Waals surface area contributed by atoms with E-state index in [1.807, 2.05) is 6.20 Å².